The molecule has 0 radical (unpaired) electrons. The third-order valence-corrected chi connectivity index (χ3v) is 4.15. The summed E-state index contributed by atoms with van der Waals surface area (Å²) in [5.74, 6) is -0.658. The number of amides is 2. The van der Waals surface area contributed by atoms with Gasteiger partial charge in [0.05, 0.1) is 0 Å². The van der Waals surface area contributed by atoms with Gasteiger partial charge in [0.2, 0.25) is 5.91 Å². The van der Waals surface area contributed by atoms with Gasteiger partial charge in [-0.1, -0.05) is 12.1 Å². The molecule has 0 saturated heterocycles. The van der Waals surface area contributed by atoms with Crippen LogP contribution in [0.5, 0.6) is 0 Å². The summed E-state index contributed by atoms with van der Waals surface area (Å²) < 4.78 is 0. The van der Waals surface area contributed by atoms with Crippen LogP contribution in [-0.2, 0) is 17.8 Å². The lowest BCUT2D eigenvalue weighted by atomic mass is 10.1. The fourth-order valence-corrected chi connectivity index (χ4v) is 2.90. The van der Waals surface area contributed by atoms with Crippen molar-refractivity contribution in [3.63, 3.8) is 0 Å². The Kier molecular flexibility index (Phi) is 6.17. The SMILES string of the molecule is Cc1cccc(N(CCC(N)=O)C(=O)c2n[nH]c3c2CNCC3)c1.Cl. The first kappa shape index (κ1) is 19.0. The summed E-state index contributed by atoms with van der Waals surface area (Å²) in [5, 5.41) is 10.4. The number of carbonyl (C=O) groups is 2. The first-order valence-electron chi connectivity index (χ1n) is 8.00. The number of anilines is 1. The van der Waals surface area contributed by atoms with E-state index in [0.717, 1.165) is 35.5 Å². The summed E-state index contributed by atoms with van der Waals surface area (Å²) in [6.07, 6.45) is 0.923. The van der Waals surface area contributed by atoms with Crippen molar-refractivity contribution in [1.29, 1.82) is 0 Å². The smallest absolute Gasteiger partial charge is 0.279 e. The highest BCUT2D eigenvalue weighted by molar-refractivity contribution is 6.06. The highest BCUT2D eigenvalue weighted by Crippen LogP contribution is 2.22. The van der Waals surface area contributed by atoms with Gasteiger partial charge < -0.3 is 16.0 Å². The summed E-state index contributed by atoms with van der Waals surface area (Å²) in [5.41, 5.74) is 9.35. The number of fused-ring (bicyclic) bond motifs is 1. The molecule has 2 heterocycles. The van der Waals surface area contributed by atoms with E-state index in [0.29, 0.717) is 12.2 Å². The number of rotatable bonds is 5. The lowest BCUT2D eigenvalue weighted by Crippen LogP contribution is -2.35. The second kappa shape index (κ2) is 8.13. The molecule has 0 fully saturated rings. The minimum absolute atomic E-state index is 0. The Balaban J connectivity index is 0.00000225. The maximum Gasteiger partial charge on any atom is 0.279 e. The quantitative estimate of drug-likeness (QED) is 0.744. The Labute approximate surface area is 152 Å². The lowest BCUT2D eigenvalue weighted by molar-refractivity contribution is -0.117. The molecule has 0 unspecified atom stereocenters. The standard InChI is InChI=1S/C17H21N5O2.ClH/c1-11-3-2-4-12(9-11)22(8-6-15(18)23)17(24)16-13-10-19-7-5-14(13)20-21-16;/h2-4,9,19H,5-8,10H2,1H3,(H2,18,23)(H,20,21);1H. The zero-order valence-electron chi connectivity index (χ0n) is 14.0. The number of H-pyrrole nitrogens is 1. The van der Waals surface area contributed by atoms with Crippen LogP contribution >= 0.6 is 12.4 Å². The average Bonchev–Trinajstić information content (AvgIpc) is 2.98. The van der Waals surface area contributed by atoms with E-state index in [1.54, 1.807) is 4.90 Å². The van der Waals surface area contributed by atoms with Crippen molar-refractivity contribution in [3.05, 3.63) is 46.8 Å². The Morgan fingerprint density at radius 3 is 2.88 bits per heavy atom. The van der Waals surface area contributed by atoms with Crippen LogP contribution in [0.15, 0.2) is 24.3 Å². The van der Waals surface area contributed by atoms with E-state index < -0.39 is 5.91 Å². The number of primary amides is 1. The fraction of sp³-hybridized carbons (Fsp3) is 0.353. The number of aromatic nitrogens is 2. The number of hydrogen-bond donors (Lipinski definition) is 3. The van der Waals surface area contributed by atoms with E-state index in [9.17, 15) is 9.59 Å². The van der Waals surface area contributed by atoms with E-state index >= 15 is 0 Å². The van der Waals surface area contributed by atoms with Gasteiger partial charge in [-0.25, -0.2) is 0 Å². The van der Waals surface area contributed by atoms with Gasteiger partial charge in [0.1, 0.15) is 0 Å². The molecule has 1 aromatic carbocycles. The molecule has 0 aliphatic carbocycles. The summed E-state index contributed by atoms with van der Waals surface area (Å²) in [4.78, 5) is 25.8. The number of aromatic amines is 1. The Morgan fingerprint density at radius 2 is 2.16 bits per heavy atom. The Morgan fingerprint density at radius 1 is 1.36 bits per heavy atom. The molecule has 25 heavy (non-hydrogen) atoms. The topological polar surface area (TPSA) is 104 Å². The second-order valence-electron chi connectivity index (χ2n) is 5.97. The highest BCUT2D eigenvalue weighted by atomic mass is 35.5. The Bertz CT molecular complexity index is 774. The first-order valence-corrected chi connectivity index (χ1v) is 8.00. The highest BCUT2D eigenvalue weighted by Gasteiger charge is 2.26. The summed E-state index contributed by atoms with van der Waals surface area (Å²) >= 11 is 0. The van der Waals surface area contributed by atoms with E-state index in [1.165, 1.54) is 0 Å². The van der Waals surface area contributed by atoms with Gasteiger partial charge >= 0.3 is 0 Å². The molecule has 3 rings (SSSR count). The van der Waals surface area contributed by atoms with Crippen LogP contribution in [-0.4, -0.2) is 35.1 Å². The number of nitrogens with two attached hydrogens (primary N) is 1. The number of halogens is 1. The number of carbonyl (C=O) groups excluding carboxylic acids is 2. The van der Waals surface area contributed by atoms with Crippen LogP contribution in [0.2, 0.25) is 0 Å². The van der Waals surface area contributed by atoms with Crippen LogP contribution in [0.3, 0.4) is 0 Å². The van der Waals surface area contributed by atoms with Crippen molar-refractivity contribution in [2.24, 2.45) is 5.73 Å². The average molecular weight is 364 g/mol. The van der Waals surface area contributed by atoms with Gasteiger partial charge in [-0.15, -0.1) is 12.4 Å². The Hall–Kier alpha value is -2.38. The van der Waals surface area contributed by atoms with Crippen LogP contribution < -0.4 is 16.0 Å². The molecule has 0 spiro atoms. The molecule has 0 bridgehead atoms. The van der Waals surface area contributed by atoms with Crippen molar-refractivity contribution < 1.29 is 9.59 Å². The van der Waals surface area contributed by atoms with Crippen molar-refractivity contribution in [2.75, 3.05) is 18.0 Å². The van der Waals surface area contributed by atoms with Crippen molar-refractivity contribution >= 4 is 29.9 Å². The van der Waals surface area contributed by atoms with Crippen LogP contribution in [0.1, 0.15) is 33.7 Å². The van der Waals surface area contributed by atoms with E-state index in [2.05, 4.69) is 15.5 Å². The van der Waals surface area contributed by atoms with Gasteiger partial charge in [-0.3, -0.25) is 14.7 Å². The molecule has 1 aliphatic heterocycles. The summed E-state index contributed by atoms with van der Waals surface area (Å²) in [7, 11) is 0. The summed E-state index contributed by atoms with van der Waals surface area (Å²) in [6, 6.07) is 7.61. The molecule has 0 atom stereocenters. The first-order chi connectivity index (χ1) is 11.6. The normalized spacial score (nSPS) is 12.8. The van der Waals surface area contributed by atoms with Gasteiger partial charge in [-0.05, 0) is 24.6 Å². The molecule has 2 amide bonds. The number of hydrogen-bond acceptors (Lipinski definition) is 4. The van der Waals surface area contributed by atoms with E-state index in [1.807, 2.05) is 31.2 Å². The predicted molar refractivity (Wildman–Crippen MR) is 97.9 cm³/mol. The number of nitrogens with one attached hydrogen (secondary N) is 2. The third kappa shape index (κ3) is 4.18. The maximum absolute atomic E-state index is 13.1. The molecule has 2 aromatic rings. The zero-order valence-corrected chi connectivity index (χ0v) is 14.9. The zero-order chi connectivity index (χ0) is 17.1. The molecular formula is C17H22ClN5O2. The molecular weight excluding hydrogens is 342 g/mol. The lowest BCUT2D eigenvalue weighted by Gasteiger charge is -2.23. The number of nitrogens with zero attached hydrogens (tertiary/aromatic N) is 2. The van der Waals surface area contributed by atoms with Gasteiger partial charge in [-0.2, -0.15) is 5.10 Å². The van der Waals surface area contributed by atoms with Crippen LogP contribution in [0.25, 0.3) is 0 Å². The molecule has 1 aliphatic rings. The molecule has 4 N–H and O–H groups in total. The molecule has 8 heteroatoms. The second-order valence-corrected chi connectivity index (χ2v) is 5.97. The van der Waals surface area contributed by atoms with Crippen LogP contribution in [0.4, 0.5) is 5.69 Å². The molecule has 134 valence electrons. The minimum Gasteiger partial charge on any atom is -0.370 e. The van der Waals surface area contributed by atoms with E-state index in [-0.39, 0.29) is 31.3 Å². The van der Waals surface area contributed by atoms with Crippen molar-refractivity contribution in [1.82, 2.24) is 15.5 Å². The van der Waals surface area contributed by atoms with Gasteiger partial charge in [0, 0.05) is 49.4 Å². The largest absolute Gasteiger partial charge is 0.370 e. The van der Waals surface area contributed by atoms with E-state index in [4.69, 9.17) is 5.73 Å². The van der Waals surface area contributed by atoms with Crippen molar-refractivity contribution in [2.45, 2.75) is 26.3 Å². The third-order valence-electron chi connectivity index (χ3n) is 4.15. The summed E-state index contributed by atoms with van der Waals surface area (Å²) in [6.45, 7) is 3.67. The van der Waals surface area contributed by atoms with Gasteiger partial charge in [0.25, 0.3) is 5.91 Å². The predicted octanol–water partition coefficient (Wildman–Crippen LogP) is 1.31. The number of aryl methyl sites for hydroxylation is 1. The maximum atomic E-state index is 13.1. The molecule has 1 aromatic heterocycles. The van der Waals surface area contributed by atoms with Crippen molar-refractivity contribution in [3.8, 4) is 0 Å². The number of benzene rings is 1. The molecule has 7 nitrogen and oxygen atoms in total. The van der Waals surface area contributed by atoms with Crippen LogP contribution in [0, 0.1) is 6.92 Å². The van der Waals surface area contributed by atoms with Gasteiger partial charge in [0.15, 0.2) is 5.69 Å². The fourth-order valence-electron chi connectivity index (χ4n) is 2.90. The monoisotopic (exact) mass is 363 g/mol. The molecule has 0 saturated carbocycles. The minimum atomic E-state index is -0.439.